The highest BCUT2D eigenvalue weighted by Gasteiger charge is 2.42. The van der Waals surface area contributed by atoms with Crippen molar-refractivity contribution in [1.82, 2.24) is 15.3 Å². The van der Waals surface area contributed by atoms with E-state index in [4.69, 9.17) is 21.1 Å². The topological polar surface area (TPSA) is 93.6 Å². The summed E-state index contributed by atoms with van der Waals surface area (Å²) in [4.78, 5) is 20.8. The number of nitrogens with zero attached hydrogens (tertiary/aromatic N) is 2. The average molecular weight is 502 g/mol. The van der Waals surface area contributed by atoms with Crippen molar-refractivity contribution in [3.05, 3.63) is 52.6 Å². The van der Waals surface area contributed by atoms with Gasteiger partial charge in [0.25, 0.3) is 0 Å². The molecule has 0 radical (unpaired) electrons. The van der Waals surface area contributed by atoms with Crippen molar-refractivity contribution in [3.63, 3.8) is 0 Å². The van der Waals surface area contributed by atoms with Crippen molar-refractivity contribution in [2.24, 2.45) is 0 Å². The molecule has 0 saturated heterocycles. The second-order valence-electron chi connectivity index (χ2n) is 9.33. The molecular formula is C23H27ClF3N3O4. The fraction of sp³-hybridized carbons (Fsp3) is 0.522. The summed E-state index contributed by atoms with van der Waals surface area (Å²) in [7, 11) is 0. The number of aliphatic hydroxyl groups excluding tert-OH is 1. The lowest BCUT2D eigenvalue weighted by atomic mass is 9.97. The summed E-state index contributed by atoms with van der Waals surface area (Å²) in [5, 5.41) is 12.7. The number of carbonyl (C=O) groups is 1. The number of hydrogen-bond acceptors (Lipinski definition) is 6. The van der Waals surface area contributed by atoms with Crippen molar-refractivity contribution >= 4 is 17.7 Å². The first-order valence-corrected chi connectivity index (χ1v) is 11.1. The van der Waals surface area contributed by atoms with Gasteiger partial charge < -0.3 is 19.9 Å². The Bertz CT molecular complexity index is 1010. The second kappa shape index (κ2) is 9.95. The molecule has 2 atom stereocenters. The molecule has 2 aromatic rings. The van der Waals surface area contributed by atoms with Crippen LogP contribution in [0.3, 0.4) is 0 Å². The quantitative estimate of drug-likeness (QED) is 0.561. The highest BCUT2D eigenvalue weighted by atomic mass is 35.5. The molecule has 1 amide bonds. The molecule has 2 unspecified atom stereocenters. The molecule has 1 aliphatic carbocycles. The second-order valence-corrected chi connectivity index (χ2v) is 9.74. The van der Waals surface area contributed by atoms with E-state index >= 15 is 0 Å². The maximum atomic E-state index is 13.2. The Labute approximate surface area is 200 Å². The first-order valence-electron chi connectivity index (χ1n) is 10.7. The Morgan fingerprint density at radius 1 is 1.26 bits per heavy atom. The van der Waals surface area contributed by atoms with Gasteiger partial charge in [-0.3, -0.25) is 0 Å². The molecule has 1 aliphatic rings. The fourth-order valence-corrected chi connectivity index (χ4v) is 4.13. The number of aromatic nitrogens is 2. The molecule has 186 valence electrons. The number of alkyl halides is 3. The molecule has 1 saturated carbocycles. The summed E-state index contributed by atoms with van der Waals surface area (Å²) in [6.45, 7) is 4.60. The summed E-state index contributed by atoms with van der Waals surface area (Å²) in [6, 6.07) is 3.55. The number of halogens is 4. The van der Waals surface area contributed by atoms with Gasteiger partial charge in [0.2, 0.25) is 0 Å². The lowest BCUT2D eigenvalue weighted by Crippen LogP contribution is -2.51. The Morgan fingerprint density at radius 2 is 1.94 bits per heavy atom. The van der Waals surface area contributed by atoms with Crippen LogP contribution in [0.15, 0.2) is 30.6 Å². The van der Waals surface area contributed by atoms with E-state index in [0.29, 0.717) is 25.1 Å². The minimum atomic E-state index is -4.56. The normalized spacial score (nSPS) is 20.8. The largest absolute Gasteiger partial charge is 0.486 e. The van der Waals surface area contributed by atoms with Gasteiger partial charge in [-0.25, -0.2) is 14.8 Å². The molecule has 0 bridgehead atoms. The minimum Gasteiger partial charge on any atom is -0.486 e. The monoisotopic (exact) mass is 501 g/mol. The van der Waals surface area contributed by atoms with E-state index in [1.807, 2.05) is 0 Å². The fourth-order valence-electron chi connectivity index (χ4n) is 3.90. The third-order valence-electron chi connectivity index (χ3n) is 5.50. The number of aliphatic hydroxyl groups is 1. The number of hydrogen-bond donors (Lipinski definition) is 2. The number of amides is 1. The van der Waals surface area contributed by atoms with Gasteiger partial charge >= 0.3 is 12.3 Å². The predicted octanol–water partition coefficient (Wildman–Crippen LogP) is 5.25. The van der Waals surface area contributed by atoms with Crippen molar-refractivity contribution in [2.75, 3.05) is 6.61 Å². The molecule has 0 spiro atoms. The Hall–Kier alpha value is -2.59. The summed E-state index contributed by atoms with van der Waals surface area (Å²) >= 11 is 5.95. The zero-order valence-electron chi connectivity index (χ0n) is 19.1. The Balaban J connectivity index is 1.64. The standard InChI is InChI=1S/C23H27ClF3N3O4/c1-21(2,3)34-20(32)30-22(13-31)8-7-14(9-22)19-28-10-15(11-29-19)33-12-16-17(23(25,26)27)5-4-6-18(16)24/h4-6,10-11,14,31H,7-9,12-13H2,1-3H3,(H,30,32). The maximum Gasteiger partial charge on any atom is 0.416 e. The third-order valence-corrected chi connectivity index (χ3v) is 5.85. The van der Waals surface area contributed by atoms with E-state index in [1.165, 1.54) is 24.5 Å². The van der Waals surface area contributed by atoms with Crippen LogP contribution in [0.2, 0.25) is 5.02 Å². The van der Waals surface area contributed by atoms with Gasteiger partial charge in [0.05, 0.1) is 30.1 Å². The summed E-state index contributed by atoms with van der Waals surface area (Å²) in [5.74, 6) is 0.550. The lowest BCUT2D eigenvalue weighted by molar-refractivity contribution is -0.138. The van der Waals surface area contributed by atoms with Gasteiger partial charge in [-0.15, -0.1) is 0 Å². The Kier molecular flexibility index (Phi) is 7.62. The number of carbonyl (C=O) groups excluding carboxylic acids is 1. The number of ether oxygens (including phenoxy) is 2. The number of nitrogens with one attached hydrogen (secondary N) is 1. The van der Waals surface area contributed by atoms with E-state index in [1.54, 1.807) is 20.8 Å². The van der Waals surface area contributed by atoms with Crippen LogP contribution in [0.1, 0.15) is 62.9 Å². The van der Waals surface area contributed by atoms with Gasteiger partial charge in [0, 0.05) is 16.5 Å². The predicted molar refractivity (Wildman–Crippen MR) is 119 cm³/mol. The molecule has 7 nitrogen and oxygen atoms in total. The van der Waals surface area contributed by atoms with Crippen LogP contribution >= 0.6 is 11.6 Å². The number of benzene rings is 1. The van der Waals surface area contributed by atoms with Crippen molar-refractivity contribution in [2.45, 2.75) is 69.9 Å². The zero-order chi connectivity index (χ0) is 25.1. The van der Waals surface area contributed by atoms with Crippen LogP contribution in [-0.4, -0.2) is 38.9 Å². The van der Waals surface area contributed by atoms with Crippen LogP contribution in [0, 0.1) is 0 Å². The number of rotatable bonds is 6. The molecule has 1 fully saturated rings. The van der Waals surface area contributed by atoms with E-state index in [-0.39, 0.29) is 28.9 Å². The van der Waals surface area contributed by atoms with Crippen molar-refractivity contribution in [3.8, 4) is 5.75 Å². The van der Waals surface area contributed by atoms with Gasteiger partial charge in [0.1, 0.15) is 18.0 Å². The molecule has 1 aromatic heterocycles. The molecule has 1 heterocycles. The minimum absolute atomic E-state index is 0.0452. The molecule has 3 rings (SSSR count). The smallest absolute Gasteiger partial charge is 0.416 e. The van der Waals surface area contributed by atoms with Crippen LogP contribution in [-0.2, 0) is 17.5 Å². The van der Waals surface area contributed by atoms with Gasteiger partial charge in [-0.2, -0.15) is 13.2 Å². The van der Waals surface area contributed by atoms with Gasteiger partial charge in [0.15, 0.2) is 5.75 Å². The maximum absolute atomic E-state index is 13.2. The molecule has 2 N–H and O–H groups in total. The van der Waals surface area contributed by atoms with E-state index in [9.17, 15) is 23.1 Å². The molecule has 1 aromatic carbocycles. The summed E-state index contributed by atoms with van der Waals surface area (Å²) < 4.78 is 50.5. The van der Waals surface area contributed by atoms with E-state index < -0.39 is 35.6 Å². The van der Waals surface area contributed by atoms with Crippen LogP contribution < -0.4 is 10.1 Å². The molecule has 0 aliphatic heterocycles. The molecule has 11 heteroatoms. The van der Waals surface area contributed by atoms with Crippen molar-refractivity contribution in [1.29, 1.82) is 0 Å². The highest BCUT2D eigenvalue weighted by molar-refractivity contribution is 6.31. The summed E-state index contributed by atoms with van der Waals surface area (Å²) in [6.07, 6.45) is -0.840. The van der Waals surface area contributed by atoms with Gasteiger partial charge in [-0.05, 0) is 52.2 Å². The summed E-state index contributed by atoms with van der Waals surface area (Å²) in [5.41, 5.74) is -2.54. The average Bonchev–Trinajstić information content (AvgIpc) is 3.15. The third kappa shape index (κ3) is 6.50. The first-order chi connectivity index (χ1) is 15.8. The van der Waals surface area contributed by atoms with E-state index in [0.717, 1.165) is 6.07 Å². The van der Waals surface area contributed by atoms with Crippen LogP contribution in [0.4, 0.5) is 18.0 Å². The highest BCUT2D eigenvalue weighted by Crippen LogP contribution is 2.40. The SMILES string of the molecule is CC(C)(C)OC(=O)NC1(CO)CCC(c2ncc(OCc3c(Cl)cccc3C(F)(F)F)cn2)C1. The first kappa shape index (κ1) is 26.0. The van der Waals surface area contributed by atoms with Gasteiger partial charge in [-0.1, -0.05) is 17.7 Å². The number of alkyl carbamates (subject to hydrolysis) is 1. The molecule has 34 heavy (non-hydrogen) atoms. The molecular weight excluding hydrogens is 475 g/mol. The lowest BCUT2D eigenvalue weighted by Gasteiger charge is -2.30. The van der Waals surface area contributed by atoms with Crippen LogP contribution in [0.5, 0.6) is 5.75 Å². The van der Waals surface area contributed by atoms with Crippen LogP contribution in [0.25, 0.3) is 0 Å². The Morgan fingerprint density at radius 3 is 2.53 bits per heavy atom. The zero-order valence-corrected chi connectivity index (χ0v) is 19.8. The van der Waals surface area contributed by atoms with E-state index in [2.05, 4.69) is 15.3 Å². The van der Waals surface area contributed by atoms with Crippen molar-refractivity contribution < 1.29 is 32.5 Å².